The van der Waals surface area contributed by atoms with E-state index in [1.807, 2.05) is 19.2 Å². The minimum atomic E-state index is -1.57. The molecule has 148 valence electrons. The summed E-state index contributed by atoms with van der Waals surface area (Å²) in [6.07, 6.45) is 0.0730. The second kappa shape index (κ2) is 7.75. The van der Waals surface area contributed by atoms with Gasteiger partial charge in [-0.25, -0.2) is 4.79 Å². The van der Waals surface area contributed by atoms with E-state index in [1.165, 1.54) is 16.2 Å². The van der Waals surface area contributed by atoms with Gasteiger partial charge >= 0.3 is 11.9 Å². The Balaban J connectivity index is 2.21. The largest absolute Gasteiger partial charge is 0.481 e. The number of benzene rings is 1. The highest BCUT2D eigenvalue weighted by Crippen LogP contribution is 2.51. The van der Waals surface area contributed by atoms with Crippen molar-refractivity contribution in [1.82, 2.24) is 4.90 Å². The highest BCUT2D eigenvalue weighted by molar-refractivity contribution is 7.10. The molecule has 7 heteroatoms. The van der Waals surface area contributed by atoms with E-state index in [2.05, 4.69) is 0 Å². The zero-order valence-corrected chi connectivity index (χ0v) is 16.6. The summed E-state index contributed by atoms with van der Waals surface area (Å²) in [5, 5.41) is 21.9. The smallest absolute Gasteiger partial charge is 0.329 e. The fourth-order valence-corrected chi connectivity index (χ4v) is 5.08. The first-order valence-electron chi connectivity index (χ1n) is 9.16. The molecule has 2 heterocycles. The third-order valence-corrected chi connectivity index (χ3v) is 6.16. The second-order valence-corrected chi connectivity index (χ2v) is 8.56. The van der Waals surface area contributed by atoms with Crippen LogP contribution >= 0.6 is 11.3 Å². The molecule has 0 spiro atoms. The topological polar surface area (TPSA) is 94.9 Å². The van der Waals surface area contributed by atoms with Crippen molar-refractivity contribution in [2.75, 3.05) is 0 Å². The van der Waals surface area contributed by atoms with Crippen LogP contribution in [0.25, 0.3) is 0 Å². The number of carboxylic acids is 2. The van der Waals surface area contributed by atoms with E-state index < -0.39 is 35.3 Å². The summed E-state index contributed by atoms with van der Waals surface area (Å²) in [6.45, 7) is 3.76. The Kier molecular flexibility index (Phi) is 5.56. The summed E-state index contributed by atoms with van der Waals surface area (Å²) in [7, 11) is 0. The van der Waals surface area contributed by atoms with E-state index >= 15 is 0 Å². The lowest BCUT2D eigenvalue weighted by Crippen LogP contribution is -2.54. The van der Waals surface area contributed by atoms with Gasteiger partial charge in [-0.1, -0.05) is 38.1 Å². The summed E-state index contributed by atoms with van der Waals surface area (Å²) in [5.74, 6) is -3.71. The van der Waals surface area contributed by atoms with Gasteiger partial charge in [0.15, 0.2) is 0 Å². The van der Waals surface area contributed by atoms with E-state index in [0.29, 0.717) is 10.4 Å². The van der Waals surface area contributed by atoms with Crippen LogP contribution in [0.3, 0.4) is 0 Å². The number of amides is 1. The molecule has 1 fully saturated rings. The second-order valence-electron chi connectivity index (χ2n) is 7.59. The van der Waals surface area contributed by atoms with E-state index in [1.54, 1.807) is 42.5 Å². The van der Waals surface area contributed by atoms with Crippen molar-refractivity contribution < 1.29 is 24.6 Å². The molecule has 0 aliphatic carbocycles. The van der Waals surface area contributed by atoms with Gasteiger partial charge in [-0.2, -0.15) is 0 Å². The summed E-state index contributed by atoms with van der Waals surface area (Å²) >= 11 is 1.34. The van der Waals surface area contributed by atoms with Crippen molar-refractivity contribution in [3.05, 3.63) is 58.3 Å². The predicted molar refractivity (Wildman–Crippen MR) is 105 cm³/mol. The number of aliphatic carboxylic acids is 2. The zero-order chi connectivity index (χ0) is 20.5. The van der Waals surface area contributed by atoms with E-state index in [0.717, 1.165) is 0 Å². The van der Waals surface area contributed by atoms with Gasteiger partial charge in [-0.15, -0.1) is 11.3 Å². The predicted octanol–water partition coefficient (Wildman–Crippen LogP) is 3.91. The first-order valence-corrected chi connectivity index (χ1v) is 10.0. The lowest BCUT2D eigenvalue weighted by Gasteiger charge is -2.39. The molecule has 2 N–H and O–H groups in total. The number of hydrogen-bond acceptors (Lipinski definition) is 4. The lowest BCUT2D eigenvalue weighted by atomic mass is 9.83. The van der Waals surface area contributed by atoms with Crippen LogP contribution in [0.5, 0.6) is 0 Å². The van der Waals surface area contributed by atoms with Gasteiger partial charge in [-0.05, 0) is 42.3 Å². The Morgan fingerprint density at radius 3 is 2.32 bits per heavy atom. The molecular weight excluding hydrogens is 378 g/mol. The fourth-order valence-electron chi connectivity index (χ4n) is 4.20. The van der Waals surface area contributed by atoms with Crippen LogP contribution in [0.4, 0.5) is 0 Å². The lowest BCUT2D eigenvalue weighted by molar-refractivity contribution is -0.150. The minimum Gasteiger partial charge on any atom is -0.481 e. The van der Waals surface area contributed by atoms with Crippen LogP contribution in [-0.2, 0) is 9.59 Å². The van der Waals surface area contributed by atoms with Crippen molar-refractivity contribution in [3.63, 3.8) is 0 Å². The van der Waals surface area contributed by atoms with Gasteiger partial charge in [0, 0.05) is 10.4 Å². The van der Waals surface area contributed by atoms with E-state index in [-0.39, 0.29) is 18.8 Å². The average molecular weight is 401 g/mol. The van der Waals surface area contributed by atoms with E-state index in [4.69, 9.17) is 0 Å². The first kappa shape index (κ1) is 20.1. The third-order valence-electron chi connectivity index (χ3n) is 5.21. The summed E-state index contributed by atoms with van der Waals surface area (Å²) < 4.78 is 0. The standard InChI is InChI=1S/C21H23NO5S/c1-13(2)11-21(20(26)27)12-15(19(24)25)17(16-9-6-10-28-16)22(21)18(23)14-7-4-3-5-8-14/h3-10,13,15,17H,11-12H2,1-2H3,(H,24,25)(H,26,27)/t15-,17+,21-/m0/s1. The SMILES string of the molecule is CC(C)C[C@@]1(C(=O)O)C[C@H](C(=O)O)[C@H](c2cccs2)N1C(=O)c1ccccc1. The van der Waals surface area contributed by atoms with Crippen molar-refractivity contribution in [2.24, 2.45) is 11.8 Å². The van der Waals surface area contributed by atoms with Crippen molar-refractivity contribution >= 4 is 29.2 Å². The monoisotopic (exact) mass is 401 g/mol. The van der Waals surface area contributed by atoms with Gasteiger partial charge < -0.3 is 15.1 Å². The molecule has 1 saturated heterocycles. The average Bonchev–Trinajstić information content (AvgIpc) is 3.27. The van der Waals surface area contributed by atoms with Crippen LogP contribution in [0, 0.1) is 11.8 Å². The van der Waals surface area contributed by atoms with Crippen molar-refractivity contribution in [1.29, 1.82) is 0 Å². The molecular formula is C21H23NO5S. The third kappa shape index (κ3) is 3.42. The molecule has 28 heavy (non-hydrogen) atoms. The van der Waals surface area contributed by atoms with Crippen LogP contribution in [0.15, 0.2) is 47.8 Å². The maximum absolute atomic E-state index is 13.5. The first-order chi connectivity index (χ1) is 13.3. The Morgan fingerprint density at radius 2 is 1.82 bits per heavy atom. The maximum atomic E-state index is 13.5. The quantitative estimate of drug-likeness (QED) is 0.765. The summed E-state index contributed by atoms with van der Waals surface area (Å²) in [5.41, 5.74) is -1.22. The highest BCUT2D eigenvalue weighted by atomic mass is 32.1. The number of carbonyl (C=O) groups is 3. The molecule has 1 aliphatic heterocycles. The van der Waals surface area contributed by atoms with Crippen molar-refractivity contribution in [2.45, 2.75) is 38.3 Å². The molecule has 0 unspecified atom stereocenters. The molecule has 3 rings (SSSR count). The number of nitrogens with zero attached hydrogens (tertiary/aromatic N) is 1. The Hall–Kier alpha value is -2.67. The van der Waals surface area contributed by atoms with Gasteiger partial charge in [0.05, 0.1) is 12.0 Å². The molecule has 0 saturated carbocycles. The van der Waals surface area contributed by atoms with Crippen LogP contribution in [0.1, 0.15) is 48.0 Å². The fraction of sp³-hybridized carbons (Fsp3) is 0.381. The Bertz CT molecular complexity index is 864. The summed E-state index contributed by atoms with van der Waals surface area (Å²) in [6, 6.07) is 11.2. The molecule has 2 aromatic rings. The summed E-state index contributed by atoms with van der Waals surface area (Å²) in [4.78, 5) is 40.1. The molecule has 1 amide bonds. The van der Waals surface area contributed by atoms with E-state index in [9.17, 15) is 24.6 Å². The van der Waals surface area contributed by atoms with Crippen molar-refractivity contribution in [3.8, 4) is 0 Å². The van der Waals surface area contributed by atoms with Crippen LogP contribution in [0.2, 0.25) is 0 Å². The molecule has 0 bridgehead atoms. The molecule has 6 nitrogen and oxygen atoms in total. The minimum absolute atomic E-state index is 0.0290. The Labute approximate surface area is 167 Å². The molecule has 0 radical (unpaired) electrons. The maximum Gasteiger partial charge on any atom is 0.329 e. The van der Waals surface area contributed by atoms with Gasteiger partial charge in [0.25, 0.3) is 5.91 Å². The normalized spacial score (nSPS) is 24.5. The highest BCUT2D eigenvalue weighted by Gasteiger charge is 2.61. The Morgan fingerprint density at radius 1 is 1.14 bits per heavy atom. The molecule has 3 atom stereocenters. The zero-order valence-electron chi connectivity index (χ0n) is 15.7. The van der Waals surface area contributed by atoms with Crippen LogP contribution < -0.4 is 0 Å². The van der Waals surface area contributed by atoms with Gasteiger partial charge in [-0.3, -0.25) is 9.59 Å². The van der Waals surface area contributed by atoms with Gasteiger partial charge in [0.2, 0.25) is 0 Å². The van der Waals surface area contributed by atoms with Crippen LogP contribution in [-0.4, -0.2) is 38.5 Å². The van der Waals surface area contributed by atoms with Gasteiger partial charge in [0.1, 0.15) is 5.54 Å². The molecule has 1 aromatic carbocycles. The number of thiophene rings is 1. The number of carboxylic acid groups (broad SMARTS) is 2. The number of carbonyl (C=O) groups excluding carboxylic acids is 1. The molecule has 1 aliphatic rings. The number of rotatable bonds is 6. The molecule has 1 aromatic heterocycles. The number of hydrogen-bond donors (Lipinski definition) is 2. The number of likely N-dealkylation sites (tertiary alicyclic amines) is 1.